The number of hydrogen-bond donors (Lipinski definition) is 3. The van der Waals surface area contributed by atoms with Gasteiger partial charge in [0.15, 0.2) is 0 Å². The van der Waals surface area contributed by atoms with Gasteiger partial charge >= 0.3 is 12.1 Å². The number of benzene rings is 5. The van der Waals surface area contributed by atoms with E-state index in [9.17, 15) is 9.59 Å². The van der Waals surface area contributed by atoms with Crippen LogP contribution in [0.25, 0.3) is 22.3 Å². The molecular weight excluding hydrogens is 883 g/mol. The minimum atomic E-state index is -0.564. The average Bonchev–Trinajstić information content (AvgIpc) is 3.30. The molecule has 0 aliphatic carbocycles. The van der Waals surface area contributed by atoms with Crippen LogP contribution in [0.15, 0.2) is 140 Å². The number of nitrogens with one attached hydrogen (secondary N) is 3. The highest BCUT2D eigenvalue weighted by Crippen LogP contribution is 2.37. The van der Waals surface area contributed by atoms with Gasteiger partial charge in [-0.15, -0.1) is 12.4 Å². The smallest absolute Gasteiger partial charge is 0.412 e. The lowest BCUT2D eigenvalue weighted by Gasteiger charge is -2.14. The molecule has 15 heteroatoms. The van der Waals surface area contributed by atoms with Crippen molar-refractivity contribution in [1.82, 2.24) is 25.9 Å². The molecule has 0 aliphatic heterocycles. The van der Waals surface area contributed by atoms with Gasteiger partial charge in [0.2, 0.25) is 0 Å². The highest BCUT2D eigenvalue weighted by Gasteiger charge is 2.19. The van der Waals surface area contributed by atoms with Crippen molar-refractivity contribution >= 4 is 47.7 Å². The number of pyridine rings is 2. The highest BCUT2D eigenvalue weighted by atomic mass is 35.5. The number of ether oxygens (including phenoxy) is 3. The van der Waals surface area contributed by atoms with E-state index in [1.165, 1.54) is 14.2 Å². The number of carbonyl (C=O) groups excluding carboxylic acids is 2. The molecule has 7 rings (SSSR count). The number of urea groups is 1. The van der Waals surface area contributed by atoms with Crippen LogP contribution in [0.2, 0.25) is 10.0 Å². The minimum Gasteiger partial charge on any atom is -0.496 e. The van der Waals surface area contributed by atoms with Crippen molar-refractivity contribution in [2.75, 3.05) is 21.3 Å². The Morgan fingerprint density at radius 3 is 1.52 bits per heavy atom. The van der Waals surface area contributed by atoms with Crippen molar-refractivity contribution in [1.29, 1.82) is 0 Å². The lowest BCUT2D eigenvalue weighted by atomic mass is 9.97. The number of carbonyl (C=O) groups is 2. The maximum Gasteiger partial charge on any atom is 0.412 e. The van der Waals surface area contributed by atoms with Gasteiger partial charge in [-0.2, -0.15) is 0 Å². The first-order chi connectivity index (χ1) is 30.5. The number of rotatable bonds is 13. The topological polar surface area (TPSA) is 124 Å². The normalized spacial score (nSPS) is 10.4. The van der Waals surface area contributed by atoms with Crippen LogP contribution in [0.1, 0.15) is 33.6 Å². The quantitative estimate of drug-likeness (QED) is 0.105. The monoisotopic (exact) mass is 925 g/mol. The SMILES string of the molecule is CNC(=O)NCc1ccc(Cc2ccc(OC)c(-c3cccc(Cl)c3)c2F)cn1.COc1ccc(Cc2ccc(CNC(=O)Oc3ccccc3)nc2)c(F)c1-c1cccc(Cl)c1.Cl. The van der Waals surface area contributed by atoms with Crippen LogP contribution in [-0.4, -0.2) is 43.4 Å². The molecule has 0 saturated carbocycles. The fraction of sp³-hybridized carbons (Fsp3) is 0.143. The summed E-state index contributed by atoms with van der Waals surface area (Å²) in [6, 6.07) is 36.8. The van der Waals surface area contributed by atoms with Crippen LogP contribution in [0.5, 0.6) is 17.2 Å². The van der Waals surface area contributed by atoms with Gasteiger partial charge < -0.3 is 30.2 Å². The first-order valence-electron chi connectivity index (χ1n) is 19.6. The molecule has 0 atom stereocenters. The zero-order chi connectivity index (χ0) is 44.7. The summed E-state index contributed by atoms with van der Waals surface area (Å²) in [6.07, 6.45) is 3.51. The van der Waals surface area contributed by atoms with Gasteiger partial charge in [0.1, 0.15) is 28.9 Å². The van der Waals surface area contributed by atoms with Crippen molar-refractivity contribution < 1.29 is 32.6 Å². The molecule has 0 fully saturated rings. The van der Waals surface area contributed by atoms with Gasteiger partial charge in [0, 0.05) is 42.3 Å². The predicted molar refractivity (Wildman–Crippen MR) is 249 cm³/mol. The summed E-state index contributed by atoms with van der Waals surface area (Å²) in [5, 5.41) is 8.86. The Hall–Kier alpha value is -6.73. The van der Waals surface area contributed by atoms with Gasteiger partial charge in [0.05, 0.1) is 49.8 Å². The third kappa shape index (κ3) is 13.1. The number of halogens is 5. The minimum absolute atomic E-state index is 0. The molecule has 7 aromatic rings. The Bertz CT molecular complexity index is 2660. The molecule has 330 valence electrons. The Labute approximate surface area is 386 Å². The molecule has 0 spiro atoms. The fourth-order valence-electron chi connectivity index (χ4n) is 6.46. The van der Waals surface area contributed by atoms with E-state index >= 15 is 8.78 Å². The molecule has 0 saturated heterocycles. The van der Waals surface area contributed by atoms with Gasteiger partial charge in [-0.1, -0.05) is 89.9 Å². The zero-order valence-corrected chi connectivity index (χ0v) is 37.3. The second kappa shape index (κ2) is 23.6. The third-order valence-electron chi connectivity index (χ3n) is 9.62. The fourth-order valence-corrected chi connectivity index (χ4v) is 6.84. The predicted octanol–water partition coefficient (Wildman–Crippen LogP) is 11.4. The van der Waals surface area contributed by atoms with E-state index in [0.29, 0.717) is 91.4 Å². The van der Waals surface area contributed by atoms with Crippen LogP contribution in [0, 0.1) is 11.6 Å². The number of para-hydroxylation sites is 1. The van der Waals surface area contributed by atoms with E-state index in [-0.39, 0.29) is 36.6 Å². The van der Waals surface area contributed by atoms with Gasteiger partial charge in [-0.3, -0.25) is 9.97 Å². The standard InChI is InChI=1S/C27H22ClFN2O3.C22H21ClFN3O2.ClH/c1-33-24-13-11-20(26(29)25(24)19-6-5-7-21(28)15-19)14-18-10-12-22(30-16-18)17-31-27(32)34-23-8-3-2-4-9-23;1-25-22(28)27-13-18-8-6-14(12-26-18)10-16-7-9-19(29-2)20(21(16)24)15-4-3-5-17(23)11-15;/h2-13,15-16H,14,17H2,1H3,(H,31,32);3-9,11-12H,10,13H2,1-2H3,(H2,25,27,28);1H. The largest absolute Gasteiger partial charge is 0.496 e. The van der Waals surface area contributed by atoms with Crippen LogP contribution < -0.4 is 30.2 Å². The average molecular weight is 927 g/mol. The van der Waals surface area contributed by atoms with Crippen LogP contribution >= 0.6 is 35.6 Å². The second-order valence-electron chi connectivity index (χ2n) is 13.9. The van der Waals surface area contributed by atoms with Crippen LogP contribution in [0.4, 0.5) is 18.4 Å². The van der Waals surface area contributed by atoms with Crippen molar-refractivity contribution in [2.45, 2.75) is 25.9 Å². The Balaban J connectivity index is 0.000000240. The van der Waals surface area contributed by atoms with Gasteiger partial charge in [-0.25, -0.2) is 18.4 Å². The molecule has 64 heavy (non-hydrogen) atoms. The molecule has 3 amide bonds. The van der Waals surface area contributed by atoms with E-state index in [0.717, 1.165) is 11.1 Å². The third-order valence-corrected chi connectivity index (χ3v) is 10.1. The van der Waals surface area contributed by atoms with E-state index in [1.54, 1.807) is 123 Å². The van der Waals surface area contributed by atoms with Crippen molar-refractivity contribution in [2.24, 2.45) is 0 Å². The first kappa shape index (κ1) is 48.3. The van der Waals surface area contributed by atoms with E-state index < -0.39 is 6.09 Å². The van der Waals surface area contributed by atoms with Crippen molar-refractivity contribution in [3.63, 3.8) is 0 Å². The first-order valence-corrected chi connectivity index (χ1v) is 20.4. The van der Waals surface area contributed by atoms with E-state index in [2.05, 4.69) is 25.9 Å². The summed E-state index contributed by atoms with van der Waals surface area (Å²) in [6.45, 7) is 0.525. The molecule has 3 N–H and O–H groups in total. The molecule has 0 radical (unpaired) electrons. The highest BCUT2D eigenvalue weighted by molar-refractivity contribution is 6.31. The van der Waals surface area contributed by atoms with E-state index in [1.807, 2.05) is 24.3 Å². The molecule has 0 aliphatic rings. The molecule has 5 aromatic carbocycles. The number of methoxy groups -OCH3 is 2. The maximum atomic E-state index is 15.5. The Kier molecular flexibility index (Phi) is 17.8. The molecule has 0 bridgehead atoms. The molecule has 2 heterocycles. The lowest BCUT2D eigenvalue weighted by Crippen LogP contribution is -2.32. The summed E-state index contributed by atoms with van der Waals surface area (Å²) in [5.41, 5.74) is 6.14. The Morgan fingerprint density at radius 1 is 0.609 bits per heavy atom. The van der Waals surface area contributed by atoms with E-state index in [4.69, 9.17) is 37.4 Å². The lowest BCUT2D eigenvalue weighted by molar-refractivity contribution is 0.200. The van der Waals surface area contributed by atoms with Gasteiger partial charge in [-0.05, 0) is 94.0 Å². The van der Waals surface area contributed by atoms with Crippen molar-refractivity contribution in [3.05, 3.63) is 195 Å². The number of nitrogens with zero attached hydrogens (tertiary/aromatic N) is 2. The van der Waals surface area contributed by atoms with Gasteiger partial charge in [0.25, 0.3) is 0 Å². The molecular formula is C49H44Cl3F2N5O5. The zero-order valence-electron chi connectivity index (χ0n) is 35.0. The molecule has 0 unspecified atom stereocenters. The van der Waals surface area contributed by atoms with Crippen LogP contribution in [0.3, 0.4) is 0 Å². The number of amides is 3. The number of aromatic nitrogens is 2. The van der Waals surface area contributed by atoms with Crippen LogP contribution in [-0.2, 0) is 25.9 Å². The van der Waals surface area contributed by atoms with Crippen molar-refractivity contribution in [3.8, 4) is 39.5 Å². The number of hydrogen-bond acceptors (Lipinski definition) is 7. The summed E-state index contributed by atoms with van der Waals surface area (Å²) < 4.78 is 46.8. The summed E-state index contributed by atoms with van der Waals surface area (Å²) >= 11 is 12.2. The maximum absolute atomic E-state index is 15.5. The second-order valence-corrected chi connectivity index (χ2v) is 14.8. The Morgan fingerprint density at radius 2 is 1.09 bits per heavy atom. The summed E-state index contributed by atoms with van der Waals surface area (Å²) in [7, 11) is 4.57. The molecule has 10 nitrogen and oxygen atoms in total. The summed E-state index contributed by atoms with van der Waals surface area (Å²) in [4.78, 5) is 31.9. The summed E-state index contributed by atoms with van der Waals surface area (Å²) in [5.74, 6) is 0.627. The molecule has 2 aromatic heterocycles.